The predicted molar refractivity (Wildman–Crippen MR) is 99.2 cm³/mol. The number of carbonyl (C=O) groups is 1. The van der Waals surface area contributed by atoms with Gasteiger partial charge in [-0.15, -0.1) is 0 Å². The Bertz CT molecular complexity index is 968. The van der Waals surface area contributed by atoms with Gasteiger partial charge in [0.1, 0.15) is 10.6 Å². The Labute approximate surface area is 152 Å². The monoisotopic (exact) mass is 372 g/mol. The molecule has 0 atom stereocenters. The van der Waals surface area contributed by atoms with E-state index in [1.54, 1.807) is 18.2 Å². The zero-order valence-electron chi connectivity index (χ0n) is 14.5. The van der Waals surface area contributed by atoms with E-state index in [-0.39, 0.29) is 10.8 Å². The average molecular weight is 372 g/mol. The predicted octanol–water partition coefficient (Wildman–Crippen LogP) is 2.72. The van der Waals surface area contributed by atoms with Gasteiger partial charge in [-0.25, -0.2) is 8.42 Å². The van der Waals surface area contributed by atoms with Crippen LogP contribution in [0.5, 0.6) is 5.75 Å². The van der Waals surface area contributed by atoms with E-state index in [4.69, 9.17) is 4.74 Å². The van der Waals surface area contributed by atoms with Crippen molar-refractivity contribution >= 4 is 27.3 Å². The topological polar surface area (TPSA) is 75.7 Å². The van der Waals surface area contributed by atoms with E-state index in [0.29, 0.717) is 24.3 Å². The first-order chi connectivity index (χ1) is 12.5. The molecule has 0 unspecified atom stereocenters. The third-order valence-electron chi connectivity index (χ3n) is 4.89. The van der Waals surface area contributed by atoms with Crippen molar-refractivity contribution in [2.24, 2.45) is 0 Å². The lowest BCUT2D eigenvalue weighted by Crippen LogP contribution is -2.39. The van der Waals surface area contributed by atoms with E-state index < -0.39 is 10.0 Å². The van der Waals surface area contributed by atoms with Crippen LogP contribution in [0.4, 0.5) is 11.4 Å². The Morgan fingerprint density at radius 3 is 2.58 bits per heavy atom. The summed E-state index contributed by atoms with van der Waals surface area (Å²) in [5.74, 6) is 0.455. The summed E-state index contributed by atoms with van der Waals surface area (Å²) in [6, 6.07) is 10.2. The summed E-state index contributed by atoms with van der Waals surface area (Å²) in [5, 5.41) is 0. The highest BCUT2D eigenvalue weighted by molar-refractivity contribution is 7.92. The molecule has 6 nitrogen and oxygen atoms in total. The molecule has 1 amide bonds. The molecule has 2 heterocycles. The Hall–Kier alpha value is -2.54. The minimum absolute atomic E-state index is 0.102. The SMILES string of the molecule is COc1ccccc1S(=O)(=O)Nc1cc2c3c(c1)CCC(=O)N3CCC2. The maximum atomic E-state index is 12.8. The number of amides is 1. The molecule has 2 aromatic rings. The first-order valence-corrected chi connectivity index (χ1v) is 10.1. The van der Waals surface area contributed by atoms with Crippen molar-refractivity contribution in [3.8, 4) is 5.75 Å². The molecule has 136 valence electrons. The van der Waals surface area contributed by atoms with E-state index >= 15 is 0 Å². The number of sulfonamides is 1. The lowest BCUT2D eigenvalue weighted by molar-refractivity contribution is -0.119. The number of nitrogens with zero attached hydrogens (tertiary/aromatic N) is 1. The van der Waals surface area contributed by atoms with Gasteiger partial charge in [-0.3, -0.25) is 9.52 Å². The molecular formula is C19H20N2O4S. The summed E-state index contributed by atoms with van der Waals surface area (Å²) in [6.45, 7) is 0.741. The summed E-state index contributed by atoms with van der Waals surface area (Å²) in [4.78, 5) is 14.1. The van der Waals surface area contributed by atoms with E-state index in [9.17, 15) is 13.2 Å². The van der Waals surface area contributed by atoms with Gasteiger partial charge in [-0.05, 0) is 54.7 Å². The van der Waals surface area contributed by atoms with Crippen LogP contribution in [0.2, 0.25) is 0 Å². The molecule has 0 saturated heterocycles. The molecule has 0 saturated carbocycles. The smallest absolute Gasteiger partial charge is 0.265 e. The van der Waals surface area contributed by atoms with Gasteiger partial charge < -0.3 is 9.64 Å². The Morgan fingerprint density at radius 1 is 1.08 bits per heavy atom. The number of hydrogen-bond acceptors (Lipinski definition) is 4. The van der Waals surface area contributed by atoms with Gasteiger partial charge in [0.05, 0.1) is 12.8 Å². The zero-order chi connectivity index (χ0) is 18.3. The number of carbonyl (C=O) groups excluding carboxylic acids is 1. The second kappa shape index (κ2) is 6.32. The Morgan fingerprint density at radius 2 is 1.81 bits per heavy atom. The zero-order valence-corrected chi connectivity index (χ0v) is 15.3. The summed E-state index contributed by atoms with van der Waals surface area (Å²) in [6.07, 6.45) is 2.84. The van der Waals surface area contributed by atoms with Crippen LogP contribution in [0.3, 0.4) is 0 Å². The molecule has 1 N–H and O–H groups in total. The van der Waals surface area contributed by atoms with Crippen LogP contribution in [0.15, 0.2) is 41.3 Å². The molecule has 7 heteroatoms. The Kier molecular flexibility index (Phi) is 4.11. The number of ether oxygens (including phenoxy) is 1. The minimum atomic E-state index is -3.77. The molecule has 0 radical (unpaired) electrons. The summed E-state index contributed by atoms with van der Waals surface area (Å²) in [7, 11) is -2.32. The van der Waals surface area contributed by atoms with E-state index in [1.807, 2.05) is 17.0 Å². The number of anilines is 2. The van der Waals surface area contributed by atoms with Crippen LogP contribution in [0.25, 0.3) is 0 Å². The van der Waals surface area contributed by atoms with Crippen molar-refractivity contribution < 1.29 is 17.9 Å². The summed E-state index contributed by atoms with van der Waals surface area (Å²) < 4.78 is 33.5. The lowest BCUT2D eigenvalue weighted by Gasteiger charge is -2.35. The molecule has 0 aromatic heterocycles. The third-order valence-corrected chi connectivity index (χ3v) is 6.31. The largest absolute Gasteiger partial charge is 0.495 e. The molecule has 0 aliphatic carbocycles. The number of nitrogens with one attached hydrogen (secondary N) is 1. The van der Waals surface area contributed by atoms with Crippen LogP contribution in [-0.2, 0) is 27.7 Å². The number of benzene rings is 2. The fourth-order valence-electron chi connectivity index (χ4n) is 3.76. The third kappa shape index (κ3) is 2.82. The molecule has 0 spiro atoms. The molecule has 4 rings (SSSR count). The van der Waals surface area contributed by atoms with Crippen molar-refractivity contribution in [1.29, 1.82) is 0 Å². The van der Waals surface area contributed by atoms with Crippen LogP contribution in [0.1, 0.15) is 24.0 Å². The second-order valence-electron chi connectivity index (χ2n) is 6.55. The van der Waals surface area contributed by atoms with Crippen LogP contribution in [-0.4, -0.2) is 28.0 Å². The van der Waals surface area contributed by atoms with Crippen molar-refractivity contribution in [1.82, 2.24) is 0 Å². The number of para-hydroxylation sites is 1. The van der Waals surface area contributed by atoms with Crippen LogP contribution in [0, 0.1) is 0 Å². The molecule has 0 fully saturated rings. The average Bonchev–Trinajstić information content (AvgIpc) is 2.64. The van der Waals surface area contributed by atoms with Crippen LogP contribution < -0.4 is 14.4 Å². The van der Waals surface area contributed by atoms with Gasteiger partial charge in [-0.1, -0.05) is 12.1 Å². The highest BCUT2D eigenvalue weighted by atomic mass is 32.2. The highest BCUT2D eigenvalue weighted by Gasteiger charge is 2.30. The fraction of sp³-hybridized carbons (Fsp3) is 0.316. The molecule has 2 aromatic carbocycles. The van der Waals surface area contributed by atoms with Gasteiger partial charge in [-0.2, -0.15) is 0 Å². The van der Waals surface area contributed by atoms with Crippen molar-refractivity contribution in [3.63, 3.8) is 0 Å². The number of methoxy groups -OCH3 is 1. The second-order valence-corrected chi connectivity index (χ2v) is 8.20. The standard InChI is InChI=1S/C19H20N2O4S/c1-25-16-6-2-3-7-17(16)26(23,24)20-15-11-13-5-4-10-21-18(22)9-8-14(12-15)19(13)21/h2-3,6-7,11-12,20H,4-5,8-10H2,1H3. The number of aryl methyl sites for hydroxylation is 2. The summed E-state index contributed by atoms with van der Waals surface area (Å²) in [5.41, 5.74) is 3.56. The van der Waals surface area contributed by atoms with E-state index in [1.165, 1.54) is 13.2 Å². The van der Waals surface area contributed by atoms with Gasteiger partial charge in [0, 0.05) is 18.7 Å². The Balaban J connectivity index is 1.73. The number of rotatable bonds is 4. The van der Waals surface area contributed by atoms with Crippen LogP contribution >= 0.6 is 0 Å². The fourth-order valence-corrected chi connectivity index (χ4v) is 4.98. The van der Waals surface area contributed by atoms with Gasteiger partial charge in [0.2, 0.25) is 5.91 Å². The first-order valence-electron chi connectivity index (χ1n) is 8.61. The molecular weight excluding hydrogens is 352 g/mol. The maximum Gasteiger partial charge on any atom is 0.265 e. The van der Waals surface area contributed by atoms with Crippen molar-refractivity contribution in [2.45, 2.75) is 30.6 Å². The van der Waals surface area contributed by atoms with Crippen molar-refractivity contribution in [2.75, 3.05) is 23.3 Å². The van der Waals surface area contributed by atoms with Gasteiger partial charge in [0.15, 0.2) is 0 Å². The molecule has 26 heavy (non-hydrogen) atoms. The lowest BCUT2D eigenvalue weighted by atomic mass is 9.91. The van der Waals surface area contributed by atoms with Gasteiger partial charge in [0.25, 0.3) is 10.0 Å². The maximum absolute atomic E-state index is 12.8. The first kappa shape index (κ1) is 16.9. The highest BCUT2D eigenvalue weighted by Crippen LogP contribution is 2.38. The molecule has 0 bridgehead atoms. The molecule has 2 aliphatic rings. The molecule has 2 aliphatic heterocycles. The normalized spacial score (nSPS) is 16.2. The summed E-state index contributed by atoms with van der Waals surface area (Å²) >= 11 is 0. The minimum Gasteiger partial charge on any atom is -0.495 e. The quantitative estimate of drug-likeness (QED) is 0.895. The van der Waals surface area contributed by atoms with E-state index in [0.717, 1.165) is 36.2 Å². The van der Waals surface area contributed by atoms with Gasteiger partial charge >= 0.3 is 0 Å². The van der Waals surface area contributed by atoms with Crippen molar-refractivity contribution in [3.05, 3.63) is 47.5 Å². The number of hydrogen-bond donors (Lipinski definition) is 1. The van der Waals surface area contributed by atoms with E-state index in [2.05, 4.69) is 4.72 Å².